The third kappa shape index (κ3) is 2.57. The van der Waals surface area contributed by atoms with Crippen LogP contribution in [0, 0.1) is 20.8 Å². The Hall–Kier alpha value is -2.16. The molecule has 0 spiro atoms. The minimum absolute atomic E-state index is 0.0725. The van der Waals surface area contributed by atoms with Crippen LogP contribution in [0.2, 0.25) is 0 Å². The molecule has 3 nitrogen and oxygen atoms in total. The number of hydrogen-bond donors (Lipinski definition) is 0. The van der Waals surface area contributed by atoms with Crippen molar-refractivity contribution in [1.29, 1.82) is 0 Å². The van der Waals surface area contributed by atoms with E-state index in [4.69, 9.17) is 0 Å². The predicted molar refractivity (Wildman–Crippen MR) is 81.1 cm³/mol. The summed E-state index contributed by atoms with van der Waals surface area (Å²) in [6.07, 6.45) is 0.763. The maximum absolute atomic E-state index is 12.6. The van der Waals surface area contributed by atoms with E-state index in [0.29, 0.717) is 5.56 Å². The molecule has 0 N–H and O–H groups in total. The number of carbonyl (C=O) groups is 1. The summed E-state index contributed by atoms with van der Waals surface area (Å²) in [5, 5.41) is 4.41. The molecule has 0 atom stereocenters. The lowest BCUT2D eigenvalue weighted by Crippen LogP contribution is -2.16. The molecule has 2 rings (SSSR count). The van der Waals surface area contributed by atoms with Gasteiger partial charge in [0.05, 0.1) is 5.69 Å². The summed E-state index contributed by atoms with van der Waals surface area (Å²) in [5.41, 5.74) is 5.62. The number of hydrogen-bond acceptors (Lipinski definition) is 2. The summed E-state index contributed by atoms with van der Waals surface area (Å²) in [6, 6.07) is 7.58. The molecule has 20 heavy (non-hydrogen) atoms. The molecule has 0 amide bonds. The van der Waals surface area contributed by atoms with Gasteiger partial charge >= 0.3 is 0 Å². The van der Waals surface area contributed by atoms with Gasteiger partial charge < -0.3 is 0 Å². The zero-order chi connectivity index (χ0) is 14.9. The molecular formula is C17H20N2O. The number of carbonyl (C=O) groups excluding carboxylic acids is 1. The molecule has 0 saturated carbocycles. The van der Waals surface area contributed by atoms with E-state index in [1.165, 1.54) is 4.68 Å². The van der Waals surface area contributed by atoms with Crippen LogP contribution >= 0.6 is 0 Å². The second-order valence-electron chi connectivity index (χ2n) is 5.32. The maximum atomic E-state index is 12.6. The van der Waals surface area contributed by atoms with Gasteiger partial charge in [0.15, 0.2) is 0 Å². The fourth-order valence-electron chi connectivity index (χ4n) is 2.36. The SMILES string of the molecule is C=C(C)Cc1c(C)nn(C(=O)c2ccccc2C)c1C. The smallest absolute Gasteiger partial charge is 0.267 e. The van der Waals surface area contributed by atoms with E-state index in [1.54, 1.807) is 0 Å². The Labute approximate surface area is 119 Å². The highest BCUT2D eigenvalue weighted by atomic mass is 16.2. The third-order valence-corrected chi connectivity index (χ3v) is 3.49. The van der Waals surface area contributed by atoms with Crippen LogP contribution in [0.15, 0.2) is 36.4 Å². The van der Waals surface area contributed by atoms with Crippen molar-refractivity contribution in [1.82, 2.24) is 9.78 Å². The molecular weight excluding hydrogens is 248 g/mol. The maximum Gasteiger partial charge on any atom is 0.278 e. The number of nitrogens with zero attached hydrogens (tertiary/aromatic N) is 2. The highest BCUT2D eigenvalue weighted by molar-refractivity contribution is 5.97. The van der Waals surface area contributed by atoms with Crippen LogP contribution in [0.1, 0.15) is 39.8 Å². The summed E-state index contributed by atoms with van der Waals surface area (Å²) in [6.45, 7) is 11.7. The summed E-state index contributed by atoms with van der Waals surface area (Å²) in [4.78, 5) is 12.6. The van der Waals surface area contributed by atoms with Crippen molar-refractivity contribution < 1.29 is 4.79 Å². The molecule has 1 heterocycles. The second kappa shape index (κ2) is 5.45. The molecule has 0 aliphatic rings. The number of allylic oxidation sites excluding steroid dienone is 1. The van der Waals surface area contributed by atoms with Crippen LogP contribution in [0.4, 0.5) is 0 Å². The summed E-state index contributed by atoms with van der Waals surface area (Å²) >= 11 is 0. The van der Waals surface area contributed by atoms with Gasteiger partial charge in [0.2, 0.25) is 0 Å². The van der Waals surface area contributed by atoms with Gasteiger partial charge in [-0.15, -0.1) is 0 Å². The van der Waals surface area contributed by atoms with E-state index in [-0.39, 0.29) is 5.91 Å². The predicted octanol–water partition coefficient (Wildman–Crippen LogP) is 3.62. The number of aromatic nitrogens is 2. The first-order chi connectivity index (χ1) is 9.41. The van der Waals surface area contributed by atoms with Crippen LogP contribution in [0.5, 0.6) is 0 Å². The summed E-state index contributed by atoms with van der Waals surface area (Å²) in [5.74, 6) is -0.0725. The van der Waals surface area contributed by atoms with Crippen molar-refractivity contribution in [3.05, 3.63) is 64.5 Å². The Bertz CT molecular complexity index is 680. The normalized spacial score (nSPS) is 10.6. The molecule has 0 bridgehead atoms. The van der Waals surface area contributed by atoms with Gasteiger partial charge in [0.25, 0.3) is 5.91 Å². The molecule has 1 aromatic heterocycles. The minimum Gasteiger partial charge on any atom is -0.267 e. The van der Waals surface area contributed by atoms with Gasteiger partial charge in [0, 0.05) is 16.8 Å². The Morgan fingerprint density at radius 3 is 2.50 bits per heavy atom. The average molecular weight is 268 g/mol. The zero-order valence-electron chi connectivity index (χ0n) is 12.5. The fourth-order valence-corrected chi connectivity index (χ4v) is 2.36. The molecule has 0 aliphatic carbocycles. The second-order valence-corrected chi connectivity index (χ2v) is 5.32. The molecule has 0 aliphatic heterocycles. The molecule has 1 aromatic carbocycles. The lowest BCUT2D eigenvalue weighted by molar-refractivity contribution is 0.0941. The Morgan fingerprint density at radius 1 is 1.25 bits per heavy atom. The molecule has 0 unspecified atom stereocenters. The quantitative estimate of drug-likeness (QED) is 0.797. The molecule has 2 aromatic rings. The first-order valence-corrected chi connectivity index (χ1v) is 6.71. The highest BCUT2D eigenvalue weighted by Crippen LogP contribution is 2.18. The molecule has 3 heteroatoms. The van der Waals surface area contributed by atoms with Crippen LogP contribution in [-0.4, -0.2) is 15.7 Å². The lowest BCUT2D eigenvalue weighted by Gasteiger charge is -2.07. The molecule has 0 radical (unpaired) electrons. The van der Waals surface area contributed by atoms with Crippen LogP contribution in [0.25, 0.3) is 0 Å². The third-order valence-electron chi connectivity index (χ3n) is 3.49. The monoisotopic (exact) mass is 268 g/mol. The summed E-state index contributed by atoms with van der Waals surface area (Å²) < 4.78 is 1.51. The van der Waals surface area contributed by atoms with Crippen molar-refractivity contribution in [3.8, 4) is 0 Å². The average Bonchev–Trinajstić information content (AvgIpc) is 2.66. The van der Waals surface area contributed by atoms with E-state index < -0.39 is 0 Å². The standard InChI is InChI=1S/C17H20N2O/c1-11(2)10-16-13(4)18-19(14(16)5)17(20)15-9-7-6-8-12(15)3/h6-9H,1,10H2,2-5H3. The Morgan fingerprint density at radius 2 is 1.90 bits per heavy atom. The lowest BCUT2D eigenvalue weighted by atomic mass is 10.1. The van der Waals surface area contributed by atoms with Gasteiger partial charge in [0.1, 0.15) is 0 Å². The molecule has 104 valence electrons. The zero-order valence-corrected chi connectivity index (χ0v) is 12.5. The topological polar surface area (TPSA) is 34.9 Å². The first kappa shape index (κ1) is 14.3. The van der Waals surface area contributed by atoms with Gasteiger partial charge in [-0.3, -0.25) is 4.79 Å². The van der Waals surface area contributed by atoms with Crippen molar-refractivity contribution in [2.75, 3.05) is 0 Å². The van der Waals surface area contributed by atoms with Crippen LogP contribution in [0.3, 0.4) is 0 Å². The largest absolute Gasteiger partial charge is 0.278 e. The molecule has 0 saturated heterocycles. The summed E-state index contributed by atoms with van der Waals surface area (Å²) in [7, 11) is 0. The minimum atomic E-state index is -0.0725. The Kier molecular flexibility index (Phi) is 3.89. The van der Waals surface area contributed by atoms with Crippen molar-refractivity contribution in [2.45, 2.75) is 34.1 Å². The van der Waals surface area contributed by atoms with Crippen molar-refractivity contribution in [2.24, 2.45) is 0 Å². The number of benzene rings is 1. The van der Waals surface area contributed by atoms with Crippen LogP contribution < -0.4 is 0 Å². The van der Waals surface area contributed by atoms with Gasteiger partial charge in [-0.25, -0.2) is 4.68 Å². The highest BCUT2D eigenvalue weighted by Gasteiger charge is 2.18. The van der Waals surface area contributed by atoms with E-state index in [2.05, 4.69) is 11.7 Å². The first-order valence-electron chi connectivity index (χ1n) is 6.71. The fraction of sp³-hybridized carbons (Fsp3) is 0.294. The van der Waals surface area contributed by atoms with Crippen molar-refractivity contribution >= 4 is 5.91 Å². The van der Waals surface area contributed by atoms with Crippen molar-refractivity contribution in [3.63, 3.8) is 0 Å². The van der Waals surface area contributed by atoms with Crippen LogP contribution in [-0.2, 0) is 6.42 Å². The van der Waals surface area contributed by atoms with Gasteiger partial charge in [-0.2, -0.15) is 5.10 Å². The van der Waals surface area contributed by atoms with Gasteiger partial charge in [-0.05, 0) is 45.7 Å². The van der Waals surface area contributed by atoms with E-state index in [1.807, 2.05) is 52.0 Å². The van der Waals surface area contributed by atoms with Gasteiger partial charge in [-0.1, -0.05) is 30.4 Å². The van der Waals surface area contributed by atoms with E-state index in [9.17, 15) is 4.79 Å². The number of rotatable bonds is 3. The van der Waals surface area contributed by atoms with E-state index >= 15 is 0 Å². The Balaban J connectivity index is 2.47. The molecule has 0 fully saturated rings. The number of aryl methyl sites for hydroxylation is 2. The van der Waals surface area contributed by atoms with E-state index in [0.717, 1.165) is 34.5 Å².